The van der Waals surface area contributed by atoms with Gasteiger partial charge in [-0.2, -0.15) is 0 Å². The van der Waals surface area contributed by atoms with Crippen molar-refractivity contribution in [1.29, 1.82) is 0 Å². The molecule has 1 unspecified atom stereocenters. The highest BCUT2D eigenvalue weighted by molar-refractivity contribution is 7.98. The van der Waals surface area contributed by atoms with Crippen molar-refractivity contribution in [2.45, 2.75) is 23.8 Å². The molecule has 0 radical (unpaired) electrons. The highest BCUT2D eigenvalue weighted by Gasteiger charge is 2.29. The van der Waals surface area contributed by atoms with Crippen LogP contribution < -0.4 is 4.74 Å². The number of aromatic nitrogens is 3. The summed E-state index contributed by atoms with van der Waals surface area (Å²) >= 11 is 3.01. The maximum absolute atomic E-state index is 11.6. The average molecular weight is 438 g/mol. The van der Waals surface area contributed by atoms with Crippen molar-refractivity contribution >= 4 is 32.9 Å². The first-order valence-corrected chi connectivity index (χ1v) is 12.4. The predicted octanol–water partition coefficient (Wildman–Crippen LogP) is 3.47. The van der Waals surface area contributed by atoms with Crippen LogP contribution in [0, 0.1) is 5.92 Å². The van der Waals surface area contributed by atoms with Gasteiger partial charge in [-0.1, -0.05) is 23.9 Å². The van der Waals surface area contributed by atoms with E-state index in [9.17, 15) is 8.42 Å². The zero-order valence-electron chi connectivity index (χ0n) is 15.2. The van der Waals surface area contributed by atoms with Crippen molar-refractivity contribution in [3.05, 3.63) is 41.2 Å². The van der Waals surface area contributed by atoms with E-state index in [0.29, 0.717) is 29.7 Å². The van der Waals surface area contributed by atoms with Gasteiger partial charge in [0, 0.05) is 23.1 Å². The summed E-state index contributed by atoms with van der Waals surface area (Å²) in [4.78, 5) is 4.66. The van der Waals surface area contributed by atoms with E-state index in [4.69, 9.17) is 9.15 Å². The summed E-state index contributed by atoms with van der Waals surface area (Å²) in [5.74, 6) is 2.47. The number of methoxy groups -OCH3 is 1. The molecule has 0 aliphatic carbocycles. The third kappa shape index (κ3) is 4.73. The van der Waals surface area contributed by atoms with Crippen molar-refractivity contribution in [3.8, 4) is 16.3 Å². The smallest absolute Gasteiger partial charge is 0.276 e. The molecule has 3 heterocycles. The van der Waals surface area contributed by atoms with Gasteiger partial charge >= 0.3 is 0 Å². The number of nitrogens with zero attached hydrogens (tertiary/aromatic N) is 3. The molecule has 0 amide bonds. The van der Waals surface area contributed by atoms with Crippen molar-refractivity contribution in [1.82, 2.24) is 15.2 Å². The Kier molecular flexibility index (Phi) is 5.70. The van der Waals surface area contributed by atoms with Crippen LogP contribution in [0.3, 0.4) is 0 Å². The van der Waals surface area contributed by atoms with Crippen molar-refractivity contribution in [2.24, 2.45) is 5.92 Å². The molecule has 0 spiro atoms. The van der Waals surface area contributed by atoms with Crippen LogP contribution in [0.2, 0.25) is 0 Å². The Balaban J connectivity index is 1.34. The summed E-state index contributed by atoms with van der Waals surface area (Å²) < 4.78 is 34.0. The molecule has 7 nitrogen and oxygen atoms in total. The van der Waals surface area contributed by atoms with E-state index in [1.54, 1.807) is 18.4 Å². The minimum absolute atomic E-state index is 0.0762. The molecule has 1 fully saturated rings. The van der Waals surface area contributed by atoms with E-state index in [1.165, 1.54) is 11.8 Å². The van der Waals surface area contributed by atoms with Crippen LogP contribution in [0.5, 0.6) is 5.75 Å². The van der Waals surface area contributed by atoms with Crippen LogP contribution in [-0.4, -0.2) is 42.2 Å². The molecule has 0 bridgehead atoms. The first kappa shape index (κ1) is 19.4. The predicted molar refractivity (Wildman–Crippen MR) is 108 cm³/mol. The van der Waals surface area contributed by atoms with Crippen LogP contribution >= 0.6 is 23.1 Å². The molecule has 28 heavy (non-hydrogen) atoms. The van der Waals surface area contributed by atoms with Gasteiger partial charge in [0.05, 0.1) is 24.3 Å². The number of thiazole rings is 1. The Bertz CT molecular complexity index is 1060. The lowest BCUT2D eigenvalue weighted by molar-refractivity contribution is 0.389. The molecule has 4 rings (SSSR count). The molecule has 1 saturated heterocycles. The lowest BCUT2D eigenvalue weighted by Crippen LogP contribution is -2.07. The van der Waals surface area contributed by atoms with Gasteiger partial charge in [0.25, 0.3) is 5.22 Å². The van der Waals surface area contributed by atoms with Crippen LogP contribution in [0.15, 0.2) is 39.3 Å². The highest BCUT2D eigenvalue weighted by Crippen LogP contribution is 2.30. The SMILES string of the molecule is COc1cccc(-c2nc(CSc3nnc(CC4CCS(=O)(=O)C4)o3)cs2)c1. The van der Waals surface area contributed by atoms with E-state index >= 15 is 0 Å². The number of thioether (sulfide) groups is 1. The van der Waals surface area contributed by atoms with Crippen LogP contribution in [0.4, 0.5) is 0 Å². The van der Waals surface area contributed by atoms with E-state index in [1.807, 2.05) is 29.6 Å². The molecule has 1 aliphatic rings. The number of hydrogen-bond donors (Lipinski definition) is 0. The van der Waals surface area contributed by atoms with Crippen molar-refractivity contribution in [3.63, 3.8) is 0 Å². The normalized spacial score (nSPS) is 18.4. The average Bonchev–Trinajstić information content (AvgIpc) is 3.41. The van der Waals surface area contributed by atoms with Gasteiger partial charge in [-0.25, -0.2) is 13.4 Å². The highest BCUT2D eigenvalue weighted by atomic mass is 32.2. The fourth-order valence-corrected chi connectivity index (χ4v) is 6.51. The zero-order chi connectivity index (χ0) is 19.6. The first-order chi connectivity index (χ1) is 13.5. The molecule has 148 valence electrons. The van der Waals surface area contributed by atoms with E-state index in [-0.39, 0.29) is 17.4 Å². The molecule has 2 aromatic heterocycles. The van der Waals surface area contributed by atoms with E-state index < -0.39 is 9.84 Å². The Hall–Kier alpha value is -1.91. The first-order valence-electron chi connectivity index (χ1n) is 8.75. The number of hydrogen-bond acceptors (Lipinski definition) is 9. The topological polar surface area (TPSA) is 95.2 Å². The maximum atomic E-state index is 11.6. The van der Waals surface area contributed by atoms with Gasteiger partial charge in [-0.3, -0.25) is 0 Å². The minimum Gasteiger partial charge on any atom is -0.497 e. The van der Waals surface area contributed by atoms with Gasteiger partial charge in [-0.05, 0) is 24.5 Å². The lowest BCUT2D eigenvalue weighted by Gasteiger charge is -2.01. The summed E-state index contributed by atoms with van der Waals surface area (Å²) in [6, 6.07) is 7.82. The molecule has 0 saturated carbocycles. The second-order valence-corrected chi connectivity index (χ2v) is 10.6. The van der Waals surface area contributed by atoms with Gasteiger partial charge in [0.2, 0.25) is 5.89 Å². The van der Waals surface area contributed by atoms with Gasteiger partial charge in [0.15, 0.2) is 9.84 Å². The Labute approximate surface area is 171 Å². The zero-order valence-corrected chi connectivity index (χ0v) is 17.6. The summed E-state index contributed by atoms with van der Waals surface area (Å²) in [5, 5.41) is 11.5. The minimum atomic E-state index is -2.89. The lowest BCUT2D eigenvalue weighted by atomic mass is 10.1. The molecule has 3 aromatic rings. The van der Waals surface area contributed by atoms with Gasteiger partial charge in [-0.15, -0.1) is 21.5 Å². The van der Waals surface area contributed by atoms with Crippen LogP contribution in [0.25, 0.3) is 10.6 Å². The van der Waals surface area contributed by atoms with E-state index in [0.717, 1.165) is 22.0 Å². The quantitative estimate of drug-likeness (QED) is 0.519. The summed E-state index contributed by atoms with van der Waals surface area (Å²) in [6.45, 7) is 0. The molecule has 10 heteroatoms. The van der Waals surface area contributed by atoms with Crippen molar-refractivity contribution in [2.75, 3.05) is 18.6 Å². The Morgan fingerprint density at radius 2 is 2.25 bits per heavy atom. The Morgan fingerprint density at radius 1 is 1.36 bits per heavy atom. The van der Waals surface area contributed by atoms with Gasteiger partial charge < -0.3 is 9.15 Å². The third-order valence-corrected chi connectivity index (χ3v) is 8.08. The second-order valence-electron chi connectivity index (χ2n) is 6.60. The van der Waals surface area contributed by atoms with Crippen LogP contribution in [0.1, 0.15) is 18.0 Å². The number of rotatable bonds is 7. The van der Waals surface area contributed by atoms with Crippen LogP contribution in [-0.2, 0) is 22.0 Å². The Morgan fingerprint density at radius 3 is 3.04 bits per heavy atom. The summed E-state index contributed by atoms with van der Waals surface area (Å²) in [7, 11) is -1.24. The van der Waals surface area contributed by atoms with E-state index in [2.05, 4.69) is 15.2 Å². The van der Waals surface area contributed by atoms with Gasteiger partial charge in [0.1, 0.15) is 10.8 Å². The monoisotopic (exact) mass is 437 g/mol. The fraction of sp³-hybridized carbons (Fsp3) is 0.389. The molecule has 0 N–H and O–H groups in total. The molecule has 1 atom stereocenters. The number of sulfone groups is 1. The summed E-state index contributed by atoms with van der Waals surface area (Å²) in [5.41, 5.74) is 1.96. The third-order valence-electron chi connectivity index (χ3n) is 4.45. The largest absolute Gasteiger partial charge is 0.497 e. The number of ether oxygens (including phenoxy) is 1. The number of benzene rings is 1. The molecule has 1 aliphatic heterocycles. The molecular formula is C18H19N3O4S3. The molecular weight excluding hydrogens is 418 g/mol. The molecule has 1 aromatic carbocycles. The van der Waals surface area contributed by atoms with Crippen molar-refractivity contribution < 1.29 is 17.6 Å². The second kappa shape index (κ2) is 8.22. The fourth-order valence-electron chi connectivity index (χ4n) is 3.06. The standard InChI is InChI=1S/C18H19N3O4S3/c1-24-15-4-2-3-13(8-15)17-19-14(9-26-17)10-27-18-21-20-16(25-18)7-12-5-6-28(22,23)11-12/h2-4,8-9,12H,5-7,10-11H2,1H3. The summed E-state index contributed by atoms with van der Waals surface area (Å²) in [6.07, 6.45) is 1.18. The maximum Gasteiger partial charge on any atom is 0.276 e.